The summed E-state index contributed by atoms with van der Waals surface area (Å²) in [5.41, 5.74) is 1.40. The number of likely N-dealkylation sites (N-methyl/N-ethyl adjacent to an activating group) is 1. The Labute approximate surface area is 161 Å². The lowest BCUT2D eigenvalue weighted by Gasteiger charge is -2.16. The molecular weight excluding hydrogens is 369 g/mol. The van der Waals surface area contributed by atoms with Crippen LogP contribution < -0.4 is 5.32 Å². The van der Waals surface area contributed by atoms with Crippen LogP contribution in [0, 0.1) is 0 Å². The monoisotopic (exact) mass is 390 g/mol. The maximum Gasteiger partial charge on any atom is 0.416 e. The van der Waals surface area contributed by atoms with E-state index in [1.165, 1.54) is 36.2 Å². The topological polar surface area (TPSA) is 49.4 Å². The van der Waals surface area contributed by atoms with Gasteiger partial charge in [0, 0.05) is 18.8 Å². The van der Waals surface area contributed by atoms with Gasteiger partial charge in [0.1, 0.15) is 0 Å². The fourth-order valence-corrected chi connectivity index (χ4v) is 2.51. The first-order valence-electron chi connectivity index (χ1n) is 8.69. The van der Waals surface area contributed by atoms with Gasteiger partial charge in [-0.15, -0.1) is 0 Å². The third-order valence-electron chi connectivity index (χ3n) is 4.09. The van der Waals surface area contributed by atoms with Crippen molar-refractivity contribution in [2.24, 2.45) is 0 Å². The van der Waals surface area contributed by atoms with Gasteiger partial charge in [0.15, 0.2) is 0 Å². The van der Waals surface area contributed by atoms with E-state index in [9.17, 15) is 22.8 Å². The first kappa shape index (κ1) is 21.2. The molecule has 0 radical (unpaired) electrons. The van der Waals surface area contributed by atoms with Crippen LogP contribution in [0.3, 0.4) is 0 Å². The molecule has 0 fully saturated rings. The predicted molar refractivity (Wildman–Crippen MR) is 103 cm³/mol. The fraction of sp³-hybridized carbons (Fsp3) is 0.238. The first-order valence-corrected chi connectivity index (χ1v) is 8.69. The Bertz CT molecular complexity index is 859. The molecular formula is C21H21F3N2O2. The van der Waals surface area contributed by atoms with Gasteiger partial charge >= 0.3 is 6.18 Å². The summed E-state index contributed by atoms with van der Waals surface area (Å²) in [6.45, 7) is 1.83. The molecule has 0 aromatic heterocycles. The molecule has 0 heterocycles. The van der Waals surface area contributed by atoms with Crippen LogP contribution in [0.25, 0.3) is 6.08 Å². The molecule has 0 saturated heterocycles. The number of hydrogen-bond donors (Lipinski definition) is 1. The second kappa shape index (κ2) is 9.21. The molecule has 148 valence electrons. The van der Waals surface area contributed by atoms with Crippen LogP contribution in [0.2, 0.25) is 0 Å². The summed E-state index contributed by atoms with van der Waals surface area (Å²) in [5, 5.41) is 2.78. The van der Waals surface area contributed by atoms with Crippen LogP contribution in [0.1, 0.15) is 23.6 Å². The van der Waals surface area contributed by atoms with Gasteiger partial charge in [-0.25, -0.2) is 0 Å². The number of carbonyl (C=O) groups excluding carboxylic acids is 2. The molecule has 28 heavy (non-hydrogen) atoms. The quantitative estimate of drug-likeness (QED) is 0.745. The molecule has 0 bridgehead atoms. The highest BCUT2D eigenvalue weighted by atomic mass is 19.4. The number of rotatable bonds is 6. The molecule has 0 saturated carbocycles. The molecule has 4 nitrogen and oxygen atoms in total. The van der Waals surface area contributed by atoms with Gasteiger partial charge < -0.3 is 10.2 Å². The normalized spacial score (nSPS) is 11.5. The van der Waals surface area contributed by atoms with E-state index in [0.29, 0.717) is 11.3 Å². The number of benzene rings is 2. The minimum Gasteiger partial charge on any atom is -0.333 e. The summed E-state index contributed by atoms with van der Waals surface area (Å²) in [6, 6.07) is 11.9. The Morgan fingerprint density at radius 3 is 2.32 bits per heavy atom. The summed E-state index contributed by atoms with van der Waals surface area (Å²) < 4.78 is 37.6. The van der Waals surface area contributed by atoms with Crippen LogP contribution in [-0.2, 0) is 22.2 Å². The Balaban J connectivity index is 1.93. The lowest BCUT2D eigenvalue weighted by atomic mass is 10.1. The Morgan fingerprint density at radius 1 is 1.07 bits per heavy atom. The molecule has 1 N–H and O–H groups in total. The second-order valence-corrected chi connectivity index (χ2v) is 6.21. The molecule has 0 aliphatic heterocycles. The van der Waals surface area contributed by atoms with Crippen molar-refractivity contribution in [2.75, 3.05) is 18.9 Å². The summed E-state index contributed by atoms with van der Waals surface area (Å²) in [7, 11) is 1.48. The average molecular weight is 390 g/mol. The second-order valence-electron chi connectivity index (χ2n) is 6.21. The van der Waals surface area contributed by atoms with E-state index in [-0.39, 0.29) is 12.5 Å². The van der Waals surface area contributed by atoms with Gasteiger partial charge in [0.2, 0.25) is 11.8 Å². The lowest BCUT2D eigenvalue weighted by molar-refractivity contribution is -0.137. The number of carbonyl (C=O) groups is 2. The standard InChI is InChI=1S/C21H21F3N2O2/c1-3-16-6-4-5-7-18(16)25-19(27)14-26(2)20(28)13-10-15-8-11-17(12-9-15)21(22,23)24/h4-13H,3,14H2,1-2H3,(H,25,27). The molecule has 0 unspecified atom stereocenters. The molecule has 7 heteroatoms. The summed E-state index contributed by atoms with van der Waals surface area (Å²) in [4.78, 5) is 25.5. The molecule has 2 aromatic rings. The number of halogens is 3. The fourth-order valence-electron chi connectivity index (χ4n) is 2.51. The Kier molecular flexibility index (Phi) is 6.98. The largest absolute Gasteiger partial charge is 0.416 e. The first-order chi connectivity index (χ1) is 13.2. The van der Waals surface area contributed by atoms with Crippen molar-refractivity contribution in [1.29, 1.82) is 0 Å². The number of nitrogens with zero attached hydrogens (tertiary/aromatic N) is 1. The highest BCUT2D eigenvalue weighted by molar-refractivity contribution is 5.98. The predicted octanol–water partition coefficient (Wildman–Crippen LogP) is 4.38. The van der Waals surface area contributed by atoms with Crippen LogP contribution in [0.5, 0.6) is 0 Å². The van der Waals surface area contributed by atoms with E-state index in [4.69, 9.17) is 0 Å². The van der Waals surface area contributed by atoms with Crippen molar-refractivity contribution in [1.82, 2.24) is 4.90 Å². The van der Waals surface area contributed by atoms with Crippen molar-refractivity contribution >= 4 is 23.6 Å². The van der Waals surface area contributed by atoms with Crippen LogP contribution >= 0.6 is 0 Å². The van der Waals surface area contributed by atoms with Crippen LogP contribution in [0.4, 0.5) is 18.9 Å². The zero-order valence-electron chi connectivity index (χ0n) is 15.6. The van der Waals surface area contributed by atoms with Crippen LogP contribution in [-0.4, -0.2) is 30.3 Å². The number of anilines is 1. The highest BCUT2D eigenvalue weighted by Crippen LogP contribution is 2.29. The number of amides is 2. The third kappa shape index (κ3) is 5.97. The van der Waals surface area contributed by atoms with Gasteiger partial charge in [0.25, 0.3) is 0 Å². The smallest absolute Gasteiger partial charge is 0.333 e. The number of nitrogens with one attached hydrogen (secondary N) is 1. The Hall–Kier alpha value is -3.09. The molecule has 0 spiro atoms. The minimum absolute atomic E-state index is 0.145. The van der Waals surface area contributed by atoms with Gasteiger partial charge in [-0.2, -0.15) is 13.2 Å². The highest BCUT2D eigenvalue weighted by Gasteiger charge is 2.29. The number of alkyl halides is 3. The Morgan fingerprint density at radius 2 is 1.71 bits per heavy atom. The zero-order valence-corrected chi connectivity index (χ0v) is 15.6. The van der Waals surface area contributed by atoms with Gasteiger partial charge in [-0.3, -0.25) is 9.59 Å². The molecule has 2 rings (SSSR count). The summed E-state index contributed by atoms with van der Waals surface area (Å²) in [5.74, 6) is -0.765. The van der Waals surface area contributed by atoms with E-state index in [1.54, 1.807) is 6.07 Å². The summed E-state index contributed by atoms with van der Waals surface area (Å²) >= 11 is 0. The van der Waals surface area contributed by atoms with Gasteiger partial charge in [-0.1, -0.05) is 37.3 Å². The maximum atomic E-state index is 12.5. The van der Waals surface area contributed by atoms with Gasteiger partial charge in [-0.05, 0) is 41.8 Å². The summed E-state index contributed by atoms with van der Waals surface area (Å²) in [6.07, 6.45) is -1.01. The third-order valence-corrected chi connectivity index (χ3v) is 4.09. The van der Waals surface area contributed by atoms with E-state index in [0.717, 1.165) is 24.1 Å². The van der Waals surface area contributed by atoms with Crippen molar-refractivity contribution < 1.29 is 22.8 Å². The molecule has 0 aliphatic rings. The van der Waals surface area contributed by atoms with Gasteiger partial charge in [0.05, 0.1) is 12.1 Å². The number of para-hydroxylation sites is 1. The van der Waals surface area contributed by atoms with E-state index < -0.39 is 17.6 Å². The lowest BCUT2D eigenvalue weighted by Crippen LogP contribution is -2.34. The maximum absolute atomic E-state index is 12.5. The molecule has 2 amide bonds. The van der Waals surface area contributed by atoms with E-state index in [2.05, 4.69) is 5.32 Å². The van der Waals surface area contributed by atoms with Crippen molar-refractivity contribution in [3.8, 4) is 0 Å². The molecule has 0 aliphatic carbocycles. The van der Waals surface area contributed by atoms with E-state index in [1.807, 2.05) is 25.1 Å². The minimum atomic E-state index is -4.40. The average Bonchev–Trinajstić information content (AvgIpc) is 2.66. The van der Waals surface area contributed by atoms with Crippen molar-refractivity contribution in [3.05, 3.63) is 71.3 Å². The zero-order chi connectivity index (χ0) is 20.7. The van der Waals surface area contributed by atoms with Crippen molar-refractivity contribution in [2.45, 2.75) is 19.5 Å². The molecule has 0 atom stereocenters. The molecule has 2 aromatic carbocycles. The van der Waals surface area contributed by atoms with Crippen LogP contribution in [0.15, 0.2) is 54.6 Å². The van der Waals surface area contributed by atoms with Crippen molar-refractivity contribution in [3.63, 3.8) is 0 Å². The van der Waals surface area contributed by atoms with E-state index >= 15 is 0 Å². The number of hydrogen-bond acceptors (Lipinski definition) is 2. The SMILES string of the molecule is CCc1ccccc1NC(=O)CN(C)C(=O)C=Cc1ccc(C(F)(F)F)cc1. The number of aryl methyl sites for hydroxylation is 1.